The van der Waals surface area contributed by atoms with Crippen LogP contribution in [0.15, 0.2) is 94.2 Å². The smallest absolute Gasteiger partial charge is 0.387 e. The molecule has 1 aromatic heterocycles. The predicted octanol–water partition coefficient (Wildman–Crippen LogP) is 4.55. The number of carbonyl (C=O) groups is 1. The summed E-state index contributed by atoms with van der Waals surface area (Å²) in [5.74, 6) is 0.0647. The summed E-state index contributed by atoms with van der Waals surface area (Å²) in [5, 5.41) is 0. The molecule has 5 rings (SSSR count). The minimum Gasteiger partial charge on any atom is -0.497 e. The zero-order valence-corrected chi connectivity index (χ0v) is 22.4. The van der Waals surface area contributed by atoms with Crippen molar-refractivity contribution < 1.29 is 27.8 Å². The maximum Gasteiger partial charge on any atom is 0.387 e. The molecule has 1 aliphatic rings. The van der Waals surface area contributed by atoms with Crippen LogP contribution in [0.2, 0.25) is 0 Å². The van der Waals surface area contributed by atoms with E-state index in [1.165, 1.54) is 28.0 Å². The molecule has 3 aromatic carbocycles. The lowest BCUT2D eigenvalue weighted by atomic mass is 9.93. The first kappa shape index (κ1) is 27.0. The number of halogens is 2. The predicted molar refractivity (Wildman–Crippen MR) is 147 cm³/mol. The van der Waals surface area contributed by atoms with Gasteiger partial charge in [-0.25, -0.2) is 9.79 Å². The van der Waals surface area contributed by atoms with E-state index in [1.807, 2.05) is 30.3 Å². The Morgan fingerprint density at radius 1 is 1.02 bits per heavy atom. The SMILES string of the molecule is CCOC(=O)C1=C(c2ccccc2)N=c2s/c(=C/c3ccc(OC(F)F)cc3)c(=O)n2[C@H]1c1ccc(OC)cc1. The first-order valence-corrected chi connectivity index (χ1v) is 13.2. The molecule has 1 atom stereocenters. The second kappa shape index (κ2) is 11.7. The van der Waals surface area contributed by atoms with E-state index < -0.39 is 18.6 Å². The third-order valence-corrected chi connectivity index (χ3v) is 7.19. The Balaban J connectivity index is 1.74. The van der Waals surface area contributed by atoms with E-state index in [9.17, 15) is 18.4 Å². The minimum atomic E-state index is -2.93. The monoisotopic (exact) mass is 562 g/mol. The average molecular weight is 563 g/mol. The Labute approximate surface area is 231 Å². The van der Waals surface area contributed by atoms with Gasteiger partial charge in [0.05, 0.1) is 35.6 Å². The van der Waals surface area contributed by atoms with Gasteiger partial charge in [0.1, 0.15) is 11.5 Å². The number of esters is 1. The summed E-state index contributed by atoms with van der Waals surface area (Å²) in [6, 6.07) is 21.5. The van der Waals surface area contributed by atoms with Gasteiger partial charge < -0.3 is 14.2 Å². The lowest BCUT2D eigenvalue weighted by Gasteiger charge is -2.26. The number of nitrogens with zero attached hydrogens (tertiary/aromatic N) is 2. The fourth-order valence-corrected chi connectivity index (χ4v) is 5.44. The third-order valence-electron chi connectivity index (χ3n) is 6.21. The Morgan fingerprint density at radius 2 is 1.70 bits per heavy atom. The average Bonchev–Trinajstić information content (AvgIpc) is 3.27. The van der Waals surface area contributed by atoms with Crippen LogP contribution >= 0.6 is 11.3 Å². The molecule has 0 amide bonds. The van der Waals surface area contributed by atoms with Gasteiger partial charge in [-0.1, -0.05) is 65.9 Å². The standard InChI is InChI=1S/C30H24F2N2O5S/c1-3-38-28(36)24-25(19-7-5-4-6-8-19)33-30-34(26(24)20-11-15-21(37-2)16-12-20)27(35)23(40-30)17-18-9-13-22(14-10-18)39-29(31)32/h4-17,26,29H,3H2,1-2H3/b23-17+/t26-/m0/s1. The third kappa shape index (κ3) is 5.43. The molecule has 0 aliphatic carbocycles. The summed E-state index contributed by atoms with van der Waals surface area (Å²) in [6.07, 6.45) is 1.65. The van der Waals surface area contributed by atoms with Crippen LogP contribution < -0.4 is 24.4 Å². The number of carbonyl (C=O) groups excluding carboxylic acids is 1. The highest BCUT2D eigenvalue weighted by Crippen LogP contribution is 2.35. The first-order valence-electron chi connectivity index (χ1n) is 12.4. The fraction of sp³-hybridized carbons (Fsp3) is 0.167. The molecular formula is C30H24F2N2O5S. The van der Waals surface area contributed by atoms with E-state index in [1.54, 1.807) is 56.5 Å². The second-order valence-electron chi connectivity index (χ2n) is 8.65. The summed E-state index contributed by atoms with van der Waals surface area (Å²) in [5.41, 5.74) is 2.30. The molecule has 0 saturated heterocycles. The van der Waals surface area contributed by atoms with Crippen molar-refractivity contribution in [3.05, 3.63) is 121 Å². The van der Waals surface area contributed by atoms with Gasteiger partial charge in [-0.3, -0.25) is 9.36 Å². The zero-order chi connectivity index (χ0) is 28.2. The van der Waals surface area contributed by atoms with E-state index in [0.717, 1.165) is 0 Å². The van der Waals surface area contributed by atoms with Crippen LogP contribution in [0.4, 0.5) is 8.78 Å². The van der Waals surface area contributed by atoms with Crippen LogP contribution in [0.5, 0.6) is 11.5 Å². The molecule has 4 aromatic rings. The molecule has 0 fully saturated rings. The van der Waals surface area contributed by atoms with Crippen molar-refractivity contribution in [2.24, 2.45) is 4.99 Å². The molecule has 40 heavy (non-hydrogen) atoms. The van der Waals surface area contributed by atoms with Crippen molar-refractivity contribution in [3.63, 3.8) is 0 Å². The van der Waals surface area contributed by atoms with Crippen LogP contribution in [-0.2, 0) is 9.53 Å². The highest BCUT2D eigenvalue weighted by atomic mass is 32.1. The molecule has 2 heterocycles. The number of ether oxygens (including phenoxy) is 3. The number of rotatable bonds is 8. The first-order chi connectivity index (χ1) is 19.4. The maximum atomic E-state index is 13.9. The van der Waals surface area contributed by atoms with Crippen LogP contribution in [0.25, 0.3) is 11.8 Å². The topological polar surface area (TPSA) is 79.1 Å². The molecule has 0 radical (unpaired) electrons. The number of fused-ring (bicyclic) bond motifs is 1. The van der Waals surface area contributed by atoms with Crippen LogP contribution in [0, 0.1) is 0 Å². The maximum absolute atomic E-state index is 13.9. The van der Waals surface area contributed by atoms with Crippen molar-refractivity contribution in [1.82, 2.24) is 4.57 Å². The van der Waals surface area contributed by atoms with Crippen molar-refractivity contribution in [3.8, 4) is 11.5 Å². The van der Waals surface area contributed by atoms with Gasteiger partial charge in [0.15, 0.2) is 4.80 Å². The van der Waals surface area contributed by atoms with Gasteiger partial charge in [0, 0.05) is 5.56 Å². The molecule has 0 bridgehead atoms. The molecule has 204 valence electrons. The van der Waals surface area contributed by atoms with Gasteiger partial charge in [-0.15, -0.1) is 0 Å². The molecule has 0 N–H and O–H groups in total. The van der Waals surface area contributed by atoms with Gasteiger partial charge in [-0.05, 0) is 48.4 Å². The highest BCUT2D eigenvalue weighted by Gasteiger charge is 2.35. The van der Waals surface area contributed by atoms with E-state index in [-0.39, 0.29) is 23.5 Å². The molecule has 0 saturated carbocycles. The van der Waals surface area contributed by atoms with Gasteiger partial charge >= 0.3 is 12.6 Å². The van der Waals surface area contributed by atoms with Crippen molar-refractivity contribution in [2.45, 2.75) is 19.6 Å². The molecule has 0 unspecified atom stereocenters. The number of aromatic nitrogens is 1. The van der Waals surface area contributed by atoms with Crippen molar-refractivity contribution >= 4 is 29.1 Å². The number of methoxy groups -OCH3 is 1. The number of alkyl halides is 2. The van der Waals surface area contributed by atoms with Gasteiger partial charge in [0.25, 0.3) is 5.56 Å². The largest absolute Gasteiger partial charge is 0.497 e. The Hall–Kier alpha value is -4.57. The Kier molecular flexibility index (Phi) is 7.88. The van der Waals surface area contributed by atoms with Crippen LogP contribution in [0.1, 0.15) is 29.7 Å². The Bertz CT molecular complexity index is 1730. The summed E-state index contributed by atoms with van der Waals surface area (Å²) < 4.78 is 42.1. The second-order valence-corrected chi connectivity index (χ2v) is 9.66. The van der Waals surface area contributed by atoms with Crippen LogP contribution in [0.3, 0.4) is 0 Å². The quantitative estimate of drug-likeness (QED) is 0.295. The molecule has 10 heteroatoms. The fourth-order valence-electron chi connectivity index (χ4n) is 4.44. The van der Waals surface area contributed by atoms with Gasteiger partial charge in [-0.2, -0.15) is 8.78 Å². The molecule has 1 aliphatic heterocycles. The summed E-state index contributed by atoms with van der Waals surface area (Å²) in [4.78, 5) is 32.5. The summed E-state index contributed by atoms with van der Waals surface area (Å²) >= 11 is 1.17. The van der Waals surface area contributed by atoms with E-state index in [2.05, 4.69) is 4.74 Å². The van der Waals surface area contributed by atoms with E-state index in [0.29, 0.717) is 37.5 Å². The molecule has 7 nitrogen and oxygen atoms in total. The van der Waals surface area contributed by atoms with Gasteiger partial charge in [0.2, 0.25) is 0 Å². The number of hydrogen-bond donors (Lipinski definition) is 0. The van der Waals surface area contributed by atoms with Crippen molar-refractivity contribution in [1.29, 1.82) is 0 Å². The van der Waals surface area contributed by atoms with Crippen LogP contribution in [-0.4, -0.2) is 30.9 Å². The number of benzene rings is 3. The molecular weight excluding hydrogens is 538 g/mol. The zero-order valence-electron chi connectivity index (χ0n) is 21.5. The highest BCUT2D eigenvalue weighted by molar-refractivity contribution is 7.07. The number of hydrogen-bond acceptors (Lipinski definition) is 7. The lowest BCUT2D eigenvalue weighted by molar-refractivity contribution is -0.138. The molecule has 0 spiro atoms. The van der Waals surface area contributed by atoms with E-state index >= 15 is 0 Å². The Morgan fingerprint density at radius 3 is 2.33 bits per heavy atom. The van der Waals surface area contributed by atoms with E-state index in [4.69, 9.17) is 14.5 Å². The summed E-state index contributed by atoms with van der Waals surface area (Å²) in [7, 11) is 1.56. The normalized spacial score (nSPS) is 15.0. The minimum absolute atomic E-state index is 0.0136. The lowest BCUT2D eigenvalue weighted by Crippen LogP contribution is -2.40. The van der Waals surface area contributed by atoms with Crippen molar-refractivity contribution in [2.75, 3.05) is 13.7 Å². The number of thiazole rings is 1. The summed E-state index contributed by atoms with van der Waals surface area (Å²) in [6.45, 7) is -1.06.